The largest absolute Gasteiger partial charge is 0.445 e. The lowest BCUT2D eigenvalue weighted by Gasteiger charge is -2.51. The molecule has 2 heterocycles. The highest BCUT2D eigenvalue weighted by atomic mass is 16.5. The molecule has 1 atom stereocenters. The first-order chi connectivity index (χ1) is 17.9. The van der Waals surface area contributed by atoms with Crippen LogP contribution in [0.3, 0.4) is 0 Å². The number of carbonyl (C=O) groups is 4. The van der Waals surface area contributed by atoms with Crippen LogP contribution < -0.4 is 10.6 Å². The lowest BCUT2D eigenvalue weighted by molar-refractivity contribution is -0.162. The Morgan fingerprint density at radius 3 is 2.46 bits per heavy atom. The van der Waals surface area contributed by atoms with E-state index in [9.17, 15) is 19.2 Å². The van der Waals surface area contributed by atoms with Crippen molar-refractivity contribution >= 4 is 23.8 Å². The molecule has 0 unspecified atom stereocenters. The number of carbonyl (C=O) groups excluding carboxylic acids is 4. The standard InChI is InChI=1S/C28H42N4O5/c1-3-5-14-24(33)31-19-15-28(16-20-31)26(35)30-23(25(34)32(28)18-4-2)13-9-10-17-29-27(36)37-21-22-11-7-6-8-12-22/h6-8,11-12,23H,3-5,9-10,13-21H2,1-2H3,(H,29,36)(H,30,35)/t23-/m0/s1. The van der Waals surface area contributed by atoms with Crippen LogP contribution >= 0.6 is 0 Å². The number of piperidine rings is 1. The molecule has 1 aromatic carbocycles. The first-order valence-corrected chi connectivity index (χ1v) is 13.8. The summed E-state index contributed by atoms with van der Waals surface area (Å²) in [5.74, 6) is -0.00650. The predicted octanol–water partition coefficient (Wildman–Crippen LogP) is 3.37. The summed E-state index contributed by atoms with van der Waals surface area (Å²) in [4.78, 5) is 54.8. The van der Waals surface area contributed by atoms with Crippen molar-refractivity contribution in [2.45, 2.75) is 89.8 Å². The van der Waals surface area contributed by atoms with Gasteiger partial charge in [0.1, 0.15) is 18.2 Å². The van der Waals surface area contributed by atoms with Crippen molar-refractivity contribution in [2.24, 2.45) is 0 Å². The smallest absolute Gasteiger partial charge is 0.407 e. The minimum atomic E-state index is -0.866. The third kappa shape index (κ3) is 7.46. The average Bonchev–Trinajstić information content (AvgIpc) is 2.92. The summed E-state index contributed by atoms with van der Waals surface area (Å²) >= 11 is 0. The van der Waals surface area contributed by atoms with Crippen molar-refractivity contribution in [2.75, 3.05) is 26.2 Å². The molecule has 0 radical (unpaired) electrons. The molecule has 3 rings (SSSR count). The van der Waals surface area contributed by atoms with Crippen LogP contribution in [0.5, 0.6) is 0 Å². The zero-order chi connectivity index (χ0) is 26.7. The van der Waals surface area contributed by atoms with E-state index in [1.807, 2.05) is 42.2 Å². The van der Waals surface area contributed by atoms with E-state index in [1.165, 1.54) is 0 Å². The van der Waals surface area contributed by atoms with Gasteiger partial charge in [0.15, 0.2) is 0 Å². The number of benzene rings is 1. The van der Waals surface area contributed by atoms with Gasteiger partial charge in [-0.25, -0.2) is 4.79 Å². The van der Waals surface area contributed by atoms with Crippen LogP contribution in [0.15, 0.2) is 30.3 Å². The van der Waals surface area contributed by atoms with Crippen LogP contribution in [-0.4, -0.2) is 71.4 Å². The normalized spacial score (nSPS) is 19.0. The maximum atomic E-state index is 13.4. The number of rotatable bonds is 12. The highest BCUT2D eigenvalue weighted by Crippen LogP contribution is 2.34. The third-order valence-electron chi connectivity index (χ3n) is 7.35. The van der Waals surface area contributed by atoms with Gasteiger partial charge in [-0.2, -0.15) is 0 Å². The van der Waals surface area contributed by atoms with Crippen LogP contribution in [0.4, 0.5) is 4.79 Å². The Morgan fingerprint density at radius 2 is 1.78 bits per heavy atom. The summed E-state index contributed by atoms with van der Waals surface area (Å²) in [5, 5.41) is 5.72. The minimum Gasteiger partial charge on any atom is -0.445 e. The highest BCUT2D eigenvalue weighted by molar-refractivity contribution is 6.00. The van der Waals surface area contributed by atoms with Crippen LogP contribution in [0, 0.1) is 0 Å². The van der Waals surface area contributed by atoms with Gasteiger partial charge < -0.3 is 25.2 Å². The van der Waals surface area contributed by atoms with Gasteiger partial charge >= 0.3 is 6.09 Å². The zero-order valence-electron chi connectivity index (χ0n) is 22.3. The molecule has 4 amide bonds. The molecule has 2 fully saturated rings. The fraction of sp³-hybridized carbons (Fsp3) is 0.643. The van der Waals surface area contributed by atoms with Gasteiger partial charge in [0, 0.05) is 32.6 Å². The number of amides is 4. The molecule has 2 N–H and O–H groups in total. The molecule has 204 valence electrons. The molecule has 2 aliphatic heterocycles. The SMILES string of the molecule is CCCCC(=O)N1CCC2(CC1)C(=O)N[C@@H](CCCCNC(=O)OCc1ccccc1)C(=O)N2CCC. The molecule has 0 aromatic heterocycles. The van der Waals surface area contributed by atoms with E-state index in [0.29, 0.717) is 64.7 Å². The highest BCUT2D eigenvalue weighted by Gasteiger charge is 2.53. The predicted molar refractivity (Wildman–Crippen MR) is 140 cm³/mol. The van der Waals surface area contributed by atoms with Gasteiger partial charge in [0.25, 0.3) is 0 Å². The van der Waals surface area contributed by atoms with E-state index in [-0.39, 0.29) is 24.3 Å². The molecule has 0 saturated carbocycles. The number of nitrogens with zero attached hydrogens (tertiary/aromatic N) is 2. The molecule has 9 nitrogen and oxygen atoms in total. The maximum absolute atomic E-state index is 13.4. The van der Waals surface area contributed by atoms with Gasteiger partial charge in [-0.15, -0.1) is 0 Å². The molecule has 2 aliphatic rings. The monoisotopic (exact) mass is 514 g/mol. The molecule has 0 bridgehead atoms. The Balaban J connectivity index is 1.44. The second kappa shape index (κ2) is 14.0. The number of likely N-dealkylation sites (tertiary alicyclic amines) is 1. The van der Waals surface area contributed by atoms with Crippen molar-refractivity contribution in [3.8, 4) is 0 Å². The number of hydrogen-bond donors (Lipinski definition) is 2. The lowest BCUT2D eigenvalue weighted by Crippen LogP contribution is -2.73. The summed E-state index contributed by atoms with van der Waals surface area (Å²) < 4.78 is 5.21. The molecular formula is C28H42N4O5. The van der Waals surface area contributed by atoms with Crippen molar-refractivity contribution < 1.29 is 23.9 Å². The van der Waals surface area contributed by atoms with Gasteiger partial charge in [-0.05, 0) is 50.5 Å². The maximum Gasteiger partial charge on any atom is 0.407 e. The second-order valence-electron chi connectivity index (χ2n) is 10.0. The van der Waals surface area contributed by atoms with Crippen molar-refractivity contribution in [3.05, 3.63) is 35.9 Å². The number of piperazine rings is 1. The van der Waals surface area contributed by atoms with Crippen molar-refractivity contribution in [3.63, 3.8) is 0 Å². The zero-order valence-corrected chi connectivity index (χ0v) is 22.3. The Kier molecular flexibility index (Phi) is 10.8. The average molecular weight is 515 g/mol. The summed E-state index contributed by atoms with van der Waals surface area (Å²) in [6.07, 6.45) is 5.50. The molecule has 1 spiro atoms. The van der Waals surface area contributed by atoms with E-state index in [2.05, 4.69) is 17.6 Å². The quantitative estimate of drug-likeness (QED) is 0.416. The topological polar surface area (TPSA) is 108 Å². The van der Waals surface area contributed by atoms with Crippen LogP contribution in [0.25, 0.3) is 0 Å². The van der Waals surface area contributed by atoms with Gasteiger partial charge in [0.05, 0.1) is 0 Å². The van der Waals surface area contributed by atoms with E-state index in [0.717, 1.165) is 24.8 Å². The first-order valence-electron chi connectivity index (χ1n) is 13.8. The minimum absolute atomic E-state index is 0.0394. The molecule has 37 heavy (non-hydrogen) atoms. The van der Waals surface area contributed by atoms with Gasteiger partial charge in [-0.3, -0.25) is 14.4 Å². The van der Waals surface area contributed by atoms with Gasteiger partial charge in [-0.1, -0.05) is 50.6 Å². The summed E-state index contributed by atoms with van der Waals surface area (Å²) in [5.41, 5.74) is 0.0576. The number of ether oxygens (including phenoxy) is 1. The third-order valence-corrected chi connectivity index (χ3v) is 7.35. The van der Waals surface area contributed by atoms with Crippen molar-refractivity contribution in [1.82, 2.24) is 20.4 Å². The van der Waals surface area contributed by atoms with Crippen LogP contribution in [0.2, 0.25) is 0 Å². The lowest BCUT2D eigenvalue weighted by atomic mass is 9.81. The number of hydrogen-bond acceptors (Lipinski definition) is 5. The molecule has 2 saturated heterocycles. The Bertz CT molecular complexity index is 914. The Hall–Kier alpha value is -3.10. The second-order valence-corrected chi connectivity index (χ2v) is 10.0. The van der Waals surface area contributed by atoms with Crippen molar-refractivity contribution in [1.29, 1.82) is 0 Å². The molecule has 0 aliphatic carbocycles. The van der Waals surface area contributed by atoms with E-state index in [4.69, 9.17) is 4.74 Å². The molecule has 9 heteroatoms. The fourth-order valence-corrected chi connectivity index (χ4v) is 5.17. The summed E-state index contributed by atoms with van der Waals surface area (Å²) in [6, 6.07) is 8.92. The van der Waals surface area contributed by atoms with E-state index < -0.39 is 17.7 Å². The van der Waals surface area contributed by atoms with Crippen LogP contribution in [0.1, 0.15) is 77.2 Å². The fourth-order valence-electron chi connectivity index (χ4n) is 5.17. The summed E-state index contributed by atoms with van der Waals surface area (Å²) in [6.45, 7) is 6.26. The Labute approximate surface area is 220 Å². The Morgan fingerprint density at radius 1 is 1.05 bits per heavy atom. The number of unbranched alkanes of at least 4 members (excludes halogenated alkanes) is 2. The molecular weight excluding hydrogens is 472 g/mol. The van der Waals surface area contributed by atoms with E-state index in [1.54, 1.807) is 4.90 Å². The van der Waals surface area contributed by atoms with E-state index >= 15 is 0 Å². The van der Waals surface area contributed by atoms with Gasteiger partial charge in [0.2, 0.25) is 17.7 Å². The van der Waals surface area contributed by atoms with Crippen LogP contribution in [-0.2, 0) is 25.7 Å². The summed E-state index contributed by atoms with van der Waals surface area (Å²) in [7, 11) is 0. The number of nitrogens with one attached hydrogen (secondary N) is 2. The molecule has 1 aromatic rings. The number of alkyl carbamates (subject to hydrolysis) is 1. The first kappa shape index (κ1) is 28.5.